The Balaban J connectivity index is 2.24. The van der Waals surface area contributed by atoms with E-state index in [1.807, 2.05) is 25.1 Å². The largest absolute Gasteiger partial charge is 0.366 e. The molecule has 1 atom stereocenters. The van der Waals surface area contributed by atoms with Crippen LogP contribution in [0.2, 0.25) is 0 Å². The van der Waals surface area contributed by atoms with Crippen molar-refractivity contribution in [3.05, 3.63) is 59.7 Å². The van der Waals surface area contributed by atoms with Crippen LogP contribution in [0, 0.1) is 0 Å². The van der Waals surface area contributed by atoms with E-state index in [4.69, 9.17) is 5.73 Å². The number of primary amides is 1. The van der Waals surface area contributed by atoms with Crippen molar-refractivity contribution in [1.82, 2.24) is 9.97 Å². The van der Waals surface area contributed by atoms with Gasteiger partial charge in [-0.05, 0) is 30.7 Å². The number of hydrogen-bond acceptors (Lipinski definition) is 3. The number of nitrogens with two attached hydrogens (primary N) is 1. The van der Waals surface area contributed by atoms with Gasteiger partial charge < -0.3 is 5.73 Å². The summed E-state index contributed by atoms with van der Waals surface area (Å²) < 4.78 is 0. The molecule has 2 aromatic rings. The van der Waals surface area contributed by atoms with Crippen molar-refractivity contribution in [1.29, 1.82) is 0 Å². The van der Waals surface area contributed by atoms with Crippen molar-refractivity contribution in [2.45, 2.75) is 19.3 Å². The molecule has 4 nitrogen and oxygen atoms in total. The molecule has 0 aliphatic rings. The first-order valence-corrected chi connectivity index (χ1v) is 5.83. The molecule has 2 N–H and O–H groups in total. The number of rotatable bonds is 4. The van der Waals surface area contributed by atoms with E-state index in [0.717, 1.165) is 17.8 Å². The lowest BCUT2D eigenvalue weighted by Crippen LogP contribution is -2.16. The van der Waals surface area contributed by atoms with Gasteiger partial charge in [0.2, 0.25) is 0 Å². The number of carbonyl (C=O) groups excluding carboxylic acids is 1. The number of carbonyl (C=O) groups is 1. The summed E-state index contributed by atoms with van der Waals surface area (Å²) in [6.07, 6.45) is 4.17. The standard InChI is InChI=1S/C14H15N3O/c1-10(9-11-5-2-3-7-16-11)13-12(14(15)18)6-4-8-17-13/h2-8,10H,9H2,1H3,(H2,15,18). The minimum Gasteiger partial charge on any atom is -0.366 e. The summed E-state index contributed by atoms with van der Waals surface area (Å²) in [5.41, 5.74) is 7.55. The predicted molar refractivity (Wildman–Crippen MR) is 69.1 cm³/mol. The second-order valence-electron chi connectivity index (χ2n) is 4.23. The van der Waals surface area contributed by atoms with Crippen molar-refractivity contribution in [3.8, 4) is 0 Å². The van der Waals surface area contributed by atoms with Gasteiger partial charge in [-0.15, -0.1) is 0 Å². The maximum absolute atomic E-state index is 11.3. The Morgan fingerprint density at radius 1 is 1.22 bits per heavy atom. The first kappa shape index (κ1) is 12.2. The Bertz CT molecular complexity index is 540. The molecule has 0 fully saturated rings. The topological polar surface area (TPSA) is 68.9 Å². The van der Waals surface area contributed by atoms with Crippen LogP contribution < -0.4 is 5.73 Å². The van der Waals surface area contributed by atoms with Crippen LogP contribution in [-0.4, -0.2) is 15.9 Å². The van der Waals surface area contributed by atoms with E-state index < -0.39 is 5.91 Å². The Hall–Kier alpha value is -2.23. The fourth-order valence-corrected chi connectivity index (χ4v) is 1.95. The third-order valence-corrected chi connectivity index (χ3v) is 2.81. The van der Waals surface area contributed by atoms with Crippen LogP contribution in [0.15, 0.2) is 42.7 Å². The zero-order valence-electron chi connectivity index (χ0n) is 10.2. The number of amides is 1. The van der Waals surface area contributed by atoms with Crippen LogP contribution in [0.4, 0.5) is 0 Å². The van der Waals surface area contributed by atoms with Crippen molar-refractivity contribution in [3.63, 3.8) is 0 Å². The zero-order chi connectivity index (χ0) is 13.0. The molecule has 0 saturated heterocycles. The van der Waals surface area contributed by atoms with Gasteiger partial charge in [-0.2, -0.15) is 0 Å². The highest BCUT2D eigenvalue weighted by atomic mass is 16.1. The summed E-state index contributed by atoms with van der Waals surface area (Å²) in [4.78, 5) is 19.9. The molecule has 0 spiro atoms. The molecule has 18 heavy (non-hydrogen) atoms. The highest BCUT2D eigenvalue weighted by Gasteiger charge is 2.16. The van der Waals surface area contributed by atoms with E-state index in [1.54, 1.807) is 24.5 Å². The van der Waals surface area contributed by atoms with Crippen molar-refractivity contribution in [2.24, 2.45) is 5.73 Å². The molecule has 0 aliphatic carbocycles. The van der Waals surface area contributed by atoms with Gasteiger partial charge in [-0.3, -0.25) is 14.8 Å². The maximum atomic E-state index is 11.3. The maximum Gasteiger partial charge on any atom is 0.250 e. The first-order chi connectivity index (χ1) is 8.68. The van der Waals surface area contributed by atoms with Gasteiger partial charge in [0.1, 0.15) is 0 Å². The number of pyridine rings is 2. The van der Waals surface area contributed by atoms with Crippen molar-refractivity contribution < 1.29 is 4.79 Å². The number of aromatic nitrogens is 2. The van der Waals surface area contributed by atoms with E-state index in [0.29, 0.717) is 5.56 Å². The summed E-state index contributed by atoms with van der Waals surface area (Å²) in [6.45, 7) is 2.02. The fourth-order valence-electron chi connectivity index (χ4n) is 1.95. The molecule has 0 saturated carbocycles. The summed E-state index contributed by atoms with van der Waals surface area (Å²) in [6, 6.07) is 9.21. The minimum atomic E-state index is -0.439. The van der Waals surface area contributed by atoms with E-state index in [9.17, 15) is 4.79 Å². The molecule has 0 aliphatic heterocycles. The van der Waals surface area contributed by atoms with Gasteiger partial charge in [0.15, 0.2) is 0 Å². The highest BCUT2D eigenvalue weighted by molar-refractivity contribution is 5.94. The zero-order valence-corrected chi connectivity index (χ0v) is 10.2. The average Bonchev–Trinajstić information content (AvgIpc) is 2.40. The van der Waals surface area contributed by atoms with Crippen LogP contribution in [0.25, 0.3) is 0 Å². The fraction of sp³-hybridized carbons (Fsp3) is 0.214. The molecule has 2 rings (SSSR count). The van der Waals surface area contributed by atoms with E-state index in [-0.39, 0.29) is 5.92 Å². The predicted octanol–water partition coefficient (Wildman–Crippen LogP) is 1.92. The molecule has 0 radical (unpaired) electrons. The molecule has 2 heterocycles. The van der Waals surface area contributed by atoms with Gasteiger partial charge >= 0.3 is 0 Å². The number of hydrogen-bond donors (Lipinski definition) is 1. The summed E-state index contributed by atoms with van der Waals surface area (Å²) in [5, 5.41) is 0. The Labute approximate surface area is 106 Å². The quantitative estimate of drug-likeness (QED) is 0.889. The van der Waals surface area contributed by atoms with Crippen molar-refractivity contribution in [2.75, 3.05) is 0 Å². The lowest BCUT2D eigenvalue weighted by Gasteiger charge is -2.13. The molecule has 1 amide bonds. The van der Waals surface area contributed by atoms with E-state index >= 15 is 0 Å². The summed E-state index contributed by atoms with van der Waals surface area (Å²) >= 11 is 0. The molecule has 2 aromatic heterocycles. The molecule has 0 bridgehead atoms. The molecular formula is C14H15N3O. The Morgan fingerprint density at radius 3 is 2.67 bits per heavy atom. The van der Waals surface area contributed by atoms with Gasteiger partial charge in [-0.1, -0.05) is 13.0 Å². The van der Waals surface area contributed by atoms with Crippen LogP contribution in [0.5, 0.6) is 0 Å². The third-order valence-electron chi connectivity index (χ3n) is 2.81. The van der Waals surface area contributed by atoms with Crippen LogP contribution >= 0.6 is 0 Å². The minimum absolute atomic E-state index is 0.101. The highest BCUT2D eigenvalue weighted by Crippen LogP contribution is 2.20. The van der Waals surface area contributed by atoms with Gasteiger partial charge in [0, 0.05) is 24.0 Å². The summed E-state index contributed by atoms with van der Waals surface area (Å²) in [7, 11) is 0. The van der Waals surface area contributed by atoms with Gasteiger partial charge in [-0.25, -0.2) is 0 Å². The van der Waals surface area contributed by atoms with Crippen LogP contribution in [0.1, 0.15) is 34.6 Å². The first-order valence-electron chi connectivity index (χ1n) is 5.83. The molecule has 1 unspecified atom stereocenters. The summed E-state index contributed by atoms with van der Waals surface area (Å²) in [5.74, 6) is -0.338. The Morgan fingerprint density at radius 2 is 2.00 bits per heavy atom. The SMILES string of the molecule is CC(Cc1ccccn1)c1ncccc1C(N)=O. The van der Waals surface area contributed by atoms with E-state index in [1.165, 1.54) is 0 Å². The van der Waals surface area contributed by atoms with Gasteiger partial charge in [0.05, 0.1) is 11.3 Å². The second-order valence-corrected chi connectivity index (χ2v) is 4.23. The third kappa shape index (κ3) is 2.71. The van der Waals surface area contributed by atoms with Crippen LogP contribution in [-0.2, 0) is 6.42 Å². The van der Waals surface area contributed by atoms with E-state index in [2.05, 4.69) is 9.97 Å². The molecule has 92 valence electrons. The van der Waals surface area contributed by atoms with Crippen LogP contribution in [0.3, 0.4) is 0 Å². The Kier molecular flexibility index (Phi) is 3.67. The van der Waals surface area contributed by atoms with Crippen molar-refractivity contribution >= 4 is 5.91 Å². The monoisotopic (exact) mass is 241 g/mol. The lowest BCUT2D eigenvalue weighted by molar-refractivity contribution is 0.0998. The normalized spacial score (nSPS) is 12.1. The van der Waals surface area contributed by atoms with Gasteiger partial charge in [0.25, 0.3) is 5.91 Å². The smallest absolute Gasteiger partial charge is 0.250 e. The second kappa shape index (κ2) is 5.40. The molecule has 4 heteroatoms. The molecular weight excluding hydrogens is 226 g/mol. The number of nitrogens with zero attached hydrogens (tertiary/aromatic N) is 2. The molecule has 0 aromatic carbocycles. The average molecular weight is 241 g/mol. The lowest BCUT2D eigenvalue weighted by atomic mass is 9.96.